The first-order chi connectivity index (χ1) is 14.9. The summed E-state index contributed by atoms with van der Waals surface area (Å²) in [6, 6.07) is 8.48. The quantitative estimate of drug-likeness (QED) is 0.457. The zero-order chi connectivity index (χ0) is 21.0. The van der Waals surface area contributed by atoms with Gasteiger partial charge in [0, 0.05) is 57.3 Å². The molecule has 164 valence electrons. The van der Waals surface area contributed by atoms with Gasteiger partial charge in [-0.3, -0.25) is 9.97 Å². The third kappa shape index (κ3) is 7.64. The van der Waals surface area contributed by atoms with E-state index in [-0.39, 0.29) is 0 Å². The van der Waals surface area contributed by atoms with Crippen LogP contribution in [0.3, 0.4) is 0 Å². The molecule has 2 aliphatic rings. The Bertz CT molecular complexity index is 686. The van der Waals surface area contributed by atoms with E-state index in [4.69, 9.17) is 0 Å². The number of hydrogen-bond acceptors (Lipinski definition) is 8. The van der Waals surface area contributed by atoms with Gasteiger partial charge in [-0.05, 0) is 50.2 Å². The summed E-state index contributed by atoms with van der Waals surface area (Å²) in [6.45, 7) is 8.55. The third-order valence-corrected chi connectivity index (χ3v) is 10.0. The summed E-state index contributed by atoms with van der Waals surface area (Å²) < 4.78 is 0. The summed E-state index contributed by atoms with van der Waals surface area (Å²) in [4.78, 5) is 11.9. The van der Waals surface area contributed by atoms with Gasteiger partial charge in [-0.15, -0.1) is 0 Å². The average molecular weight is 481 g/mol. The average Bonchev–Trinajstić information content (AvgIpc) is 3.52. The predicted octanol–water partition coefficient (Wildman–Crippen LogP) is 5.49. The molecule has 2 saturated heterocycles. The molecule has 4 nitrogen and oxygen atoms in total. The van der Waals surface area contributed by atoms with E-state index in [0.717, 1.165) is 48.2 Å². The van der Waals surface area contributed by atoms with Gasteiger partial charge in [0.1, 0.15) is 0 Å². The Morgan fingerprint density at radius 3 is 1.67 bits per heavy atom. The number of hydrogen-bond donors (Lipinski definition) is 2. The molecular formula is C22H32N4S4. The van der Waals surface area contributed by atoms with Crippen molar-refractivity contribution in [2.24, 2.45) is 0 Å². The van der Waals surface area contributed by atoms with Gasteiger partial charge in [-0.2, -0.15) is 23.5 Å². The van der Waals surface area contributed by atoms with Crippen LogP contribution in [-0.2, 0) is 11.5 Å². The molecule has 2 N–H and O–H groups in total. The molecule has 2 aromatic rings. The Morgan fingerprint density at radius 2 is 1.27 bits per heavy atom. The van der Waals surface area contributed by atoms with Crippen molar-refractivity contribution in [1.82, 2.24) is 20.6 Å². The molecule has 0 amide bonds. The number of rotatable bonds is 9. The predicted molar refractivity (Wildman–Crippen MR) is 137 cm³/mol. The second-order valence-corrected chi connectivity index (χ2v) is 11.7. The van der Waals surface area contributed by atoms with Crippen molar-refractivity contribution in [2.75, 3.05) is 26.2 Å². The van der Waals surface area contributed by atoms with E-state index >= 15 is 0 Å². The van der Waals surface area contributed by atoms with Crippen LogP contribution >= 0.6 is 45.1 Å². The van der Waals surface area contributed by atoms with E-state index in [1.807, 2.05) is 83.5 Å². The van der Waals surface area contributed by atoms with E-state index in [0.29, 0.717) is 0 Å². The van der Waals surface area contributed by atoms with Gasteiger partial charge in [0.25, 0.3) is 0 Å². The first-order valence-corrected chi connectivity index (χ1v) is 15.0. The minimum atomic E-state index is 0.722. The van der Waals surface area contributed by atoms with E-state index in [1.165, 1.54) is 34.0 Å². The second kappa shape index (κ2) is 13.9. The normalized spacial score (nSPS) is 20.7. The molecule has 0 bridgehead atoms. The molecule has 0 saturated carbocycles. The standard InChI is InChI=1S/C20H26N4S4.C2H6/c1-3-19(17(23-7-1)13-25-15-5-9-21-11-15)27-28-20-4-2-8-24-18(20)14-26-16-6-10-22-12-16;1-2/h1-4,7-8,15-16,21-22H,5-6,9-14H2;1-2H3. The zero-order valence-corrected chi connectivity index (χ0v) is 21.1. The topological polar surface area (TPSA) is 49.8 Å². The Hall–Kier alpha value is -0.380. The highest BCUT2D eigenvalue weighted by atomic mass is 33.1. The lowest BCUT2D eigenvalue weighted by Gasteiger charge is -2.12. The van der Waals surface area contributed by atoms with E-state index in [9.17, 15) is 0 Å². The van der Waals surface area contributed by atoms with Gasteiger partial charge in [0.05, 0.1) is 11.4 Å². The smallest absolute Gasteiger partial charge is 0.0646 e. The summed E-state index contributed by atoms with van der Waals surface area (Å²) in [7, 11) is 3.64. The fourth-order valence-electron chi connectivity index (χ4n) is 3.24. The fourth-order valence-corrected chi connectivity index (χ4v) is 8.05. The van der Waals surface area contributed by atoms with Crippen LogP contribution in [0.4, 0.5) is 0 Å². The summed E-state index contributed by atoms with van der Waals surface area (Å²) in [5, 5.41) is 8.33. The van der Waals surface area contributed by atoms with Gasteiger partial charge in [0.2, 0.25) is 0 Å². The summed E-state index contributed by atoms with van der Waals surface area (Å²) in [6.07, 6.45) is 6.36. The molecule has 4 heterocycles. The Balaban J connectivity index is 0.00000124. The Morgan fingerprint density at radius 1 is 0.800 bits per heavy atom. The van der Waals surface area contributed by atoms with Gasteiger partial charge < -0.3 is 10.6 Å². The molecule has 2 aliphatic heterocycles. The molecule has 0 aromatic carbocycles. The van der Waals surface area contributed by atoms with Crippen LogP contribution in [0.5, 0.6) is 0 Å². The van der Waals surface area contributed by atoms with Crippen molar-refractivity contribution in [3.8, 4) is 0 Å². The molecule has 30 heavy (non-hydrogen) atoms. The highest BCUT2D eigenvalue weighted by Crippen LogP contribution is 2.41. The fraction of sp³-hybridized carbons (Fsp3) is 0.545. The lowest BCUT2D eigenvalue weighted by Crippen LogP contribution is -2.10. The van der Waals surface area contributed by atoms with Crippen molar-refractivity contribution in [3.05, 3.63) is 48.0 Å². The van der Waals surface area contributed by atoms with Crippen LogP contribution in [0, 0.1) is 0 Å². The molecule has 0 aliphatic carbocycles. The summed E-state index contributed by atoms with van der Waals surface area (Å²) >= 11 is 4.06. The lowest BCUT2D eigenvalue weighted by atomic mass is 10.4. The van der Waals surface area contributed by atoms with E-state index in [2.05, 4.69) is 32.7 Å². The van der Waals surface area contributed by atoms with Crippen molar-refractivity contribution < 1.29 is 0 Å². The maximum Gasteiger partial charge on any atom is 0.0646 e. The first-order valence-electron chi connectivity index (χ1n) is 10.8. The van der Waals surface area contributed by atoms with Gasteiger partial charge in [-0.25, -0.2) is 0 Å². The van der Waals surface area contributed by atoms with Gasteiger partial charge >= 0.3 is 0 Å². The maximum absolute atomic E-state index is 4.66. The highest BCUT2D eigenvalue weighted by Gasteiger charge is 2.18. The largest absolute Gasteiger partial charge is 0.316 e. The highest BCUT2D eigenvalue weighted by molar-refractivity contribution is 8.76. The second-order valence-electron chi connectivity index (χ2n) is 6.91. The molecule has 8 heteroatoms. The molecule has 2 unspecified atom stereocenters. The Kier molecular flexibility index (Phi) is 11.3. The van der Waals surface area contributed by atoms with Gasteiger partial charge in [-0.1, -0.05) is 35.4 Å². The summed E-state index contributed by atoms with van der Waals surface area (Å²) in [5.41, 5.74) is 2.41. The third-order valence-electron chi connectivity index (χ3n) is 4.86. The number of pyridine rings is 2. The number of aromatic nitrogens is 2. The molecular weight excluding hydrogens is 449 g/mol. The van der Waals surface area contributed by atoms with Crippen molar-refractivity contribution in [2.45, 2.75) is 58.5 Å². The van der Waals surface area contributed by atoms with Crippen LogP contribution in [0.25, 0.3) is 0 Å². The molecule has 0 radical (unpaired) electrons. The van der Waals surface area contributed by atoms with Crippen LogP contribution < -0.4 is 10.6 Å². The monoisotopic (exact) mass is 480 g/mol. The van der Waals surface area contributed by atoms with Gasteiger partial charge in [0.15, 0.2) is 0 Å². The molecule has 4 rings (SSSR count). The maximum atomic E-state index is 4.66. The SMILES string of the molecule is CC.c1cnc(CSC2CCNC2)c(SSc2cccnc2CSC2CCNC2)c1. The number of nitrogens with one attached hydrogen (secondary N) is 2. The van der Waals surface area contributed by atoms with Crippen LogP contribution in [0.2, 0.25) is 0 Å². The molecule has 2 fully saturated rings. The minimum Gasteiger partial charge on any atom is -0.316 e. The molecule has 2 atom stereocenters. The van der Waals surface area contributed by atoms with Crippen molar-refractivity contribution in [3.63, 3.8) is 0 Å². The Labute approximate surface area is 197 Å². The number of thioether (sulfide) groups is 2. The van der Waals surface area contributed by atoms with E-state index in [1.54, 1.807) is 0 Å². The van der Waals surface area contributed by atoms with Crippen LogP contribution in [0.15, 0.2) is 46.5 Å². The van der Waals surface area contributed by atoms with Crippen molar-refractivity contribution >= 4 is 45.1 Å². The first kappa shape index (κ1) is 24.3. The van der Waals surface area contributed by atoms with Crippen LogP contribution in [0.1, 0.15) is 38.1 Å². The van der Waals surface area contributed by atoms with Crippen molar-refractivity contribution in [1.29, 1.82) is 0 Å². The lowest BCUT2D eigenvalue weighted by molar-refractivity contribution is 0.858. The molecule has 0 spiro atoms. The molecule has 2 aromatic heterocycles. The van der Waals surface area contributed by atoms with E-state index < -0.39 is 0 Å². The zero-order valence-electron chi connectivity index (χ0n) is 17.8. The van der Waals surface area contributed by atoms with Crippen LogP contribution in [-0.4, -0.2) is 46.6 Å². The summed E-state index contributed by atoms with van der Waals surface area (Å²) in [5.74, 6) is 1.97. The minimum absolute atomic E-state index is 0.722. The number of nitrogens with zero attached hydrogens (tertiary/aromatic N) is 2.